The van der Waals surface area contributed by atoms with Crippen LogP contribution in [0.2, 0.25) is 0 Å². The van der Waals surface area contributed by atoms with Crippen LogP contribution in [-0.4, -0.2) is 18.0 Å². The molecule has 2 nitrogen and oxygen atoms in total. The molecule has 0 fully saturated rings. The van der Waals surface area contributed by atoms with Crippen molar-refractivity contribution < 1.29 is 9.53 Å². The van der Waals surface area contributed by atoms with Crippen LogP contribution < -0.4 is 0 Å². The third-order valence-electron chi connectivity index (χ3n) is 2.50. The first kappa shape index (κ1) is 13.6. The Kier molecular flexibility index (Phi) is 4.79. The summed E-state index contributed by atoms with van der Waals surface area (Å²) in [5.74, 6) is 0.296. The summed E-state index contributed by atoms with van der Waals surface area (Å²) in [6.07, 6.45) is 1.42. The Bertz CT molecular complexity index is 187. The van der Waals surface area contributed by atoms with Crippen molar-refractivity contribution in [2.24, 2.45) is 5.41 Å². The van der Waals surface area contributed by atoms with Gasteiger partial charge in [0.1, 0.15) is 5.78 Å². The lowest BCUT2D eigenvalue weighted by molar-refractivity contribution is -0.129. The Morgan fingerprint density at radius 1 is 1.14 bits per heavy atom. The van der Waals surface area contributed by atoms with E-state index in [-0.39, 0.29) is 11.0 Å². The predicted octanol–water partition coefficient (Wildman–Crippen LogP) is 3.20. The van der Waals surface area contributed by atoms with Crippen LogP contribution in [0.5, 0.6) is 0 Å². The van der Waals surface area contributed by atoms with Gasteiger partial charge in [0.25, 0.3) is 0 Å². The molecule has 0 aliphatic heterocycles. The lowest BCUT2D eigenvalue weighted by Gasteiger charge is -2.23. The van der Waals surface area contributed by atoms with Crippen LogP contribution in [0, 0.1) is 5.41 Å². The second-order valence-electron chi connectivity index (χ2n) is 5.37. The first-order chi connectivity index (χ1) is 6.19. The van der Waals surface area contributed by atoms with Gasteiger partial charge in [-0.1, -0.05) is 20.8 Å². The lowest BCUT2D eigenvalue weighted by atomic mass is 9.84. The zero-order chi connectivity index (χ0) is 11.4. The highest BCUT2D eigenvalue weighted by atomic mass is 16.5. The molecule has 0 aromatic carbocycles. The maximum Gasteiger partial charge on any atom is 0.140 e. The molecule has 0 aromatic rings. The first-order valence-corrected chi connectivity index (χ1v) is 5.36. The van der Waals surface area contributed by atoms with Gasteiger partial charge in [0, 0.05) is 11.8 Å². The topological polar surface area (TPSA) is 26.3 Å². The van der Waals surface area contributed by atoms with Crippen LogP contribution in [0.4, 0.5) is 0 Å². The number of rotatable bonds is 5. The SMILES string of the molecule is CCC(C)(C)C(=O)CCOC(C)(C)C. The zero-order valence-electron chi connectivity index (χ0n) is 10.4. The number of hydrogen-bond acceptors (Lipinski definition) is 2. The number of Topliss-reactive ketones (excluding diaryl/α,β-unsaturated/α-hetero) is 1. The molecule has 0 atom stereocenters. The minimum absolute atomic E-state index is 0.142. The summed E-state index contributed by atoms with van der Waals surface area (Å²) in [5.41, 5.74) is -0.335. The van der Waals surface area contributed by atoms with Gasteiger partial charge in [-0.2, -0.15) is 0 Å². The molecule has 84 valence electrons. The Hall–Kier alpha value is -0.370. The summed E-state index contributed by atoms with van der Waals surface area (Å²) in [6.45, 7) is 12.6. The number of ketones is 1. The molecular formula is C12H24O2. The molecule has 0 bridgehead atoms. The van der Waals surface area contributed by atoms with Gasteiger partial charge in [-0.3, -0.25) is 4.79 Å². The molecule has 0 saturated carbocycles. The molecule has 0 unspecified atom stereocenters. The molecule has 2 heteroatoms. The summed E-state index contributed by atoms with van der Waals surface area (Å²) in [7, 11) is 0. The van der Waals surface area contributed by atoms with E-state index in [0.717, 1.165) is 6.42 Å². The van der Waals surface area contributed by atoms with E-state index < -0.39 is 0 Å². The Labute approximate surface area is 88.0 Å². The van der Waals surface area contributed by atoms with Gasteiger partial charge < -0.3 is 4.74 Å². The maximum absolute atomic E-state index is 11.7. The Balaban J connectivity index is 3.87. The van der Waals surface area contributed by atoms with Gasteiger partial charge in [0.05, 0.1) is 12.2 Å². The number of ether oxygens (including phenoxy) is 1. The van der Waals surface area contributed by atoms with E-state index in [0.29, 0.717) is 18.8 Å². The van der Waals surface area contributed by atoms with Gasteiger partial charge >= 0.3 is 0 Å². The van der Waals surface area contributed by atoms with Crippen molar-refractivity contribution in [2.75, 3.05) is 6.61 Å². The van der Waals surface area contributed by atoms with Gasteiger partial charge in [-0.05, 0) is 27.2 Å². The van der Waals surface area contributed by atoms with E-state index in [2.05, 4.69) is 0 Å². The highest BCUT2D eigenvalue weighted by Crippen LogP contribution is 2.22. The summed E-state index contributed by atoms with van der Waals surface area (Å²) in [4.78, 5) is 11.7. The van der Waals surface area contributed by atoms with Crippen LogP contribution in [-0.2, 0) is 9.53 Å². The van der Waals surface area contributed by atoms with Gasteiger partial charge in [0.15, 0.2) is 0 Å². The summed E-state index contributed by atoms with van der Waals surface area (Å²) >= 11 is 0. The van der Waals surface area contributed by atoms with Crippen LogP contribution in [0.15, 0.2) is 0 Å². The molecule has 0 rings (SSSR count). The van der Waals surface area contributed by atoms with Crippen molar-refractivity contribution in [3.05, 3.63) is 0 Å². The first-order valence-electron chi connectivity index (χ1n) is 5.36. The normalized spacial score (nSPS) is 13.0. The fourth-order valence-corrected chi connectivity index (χ4v) is 0.985. The van der Waals surface area contributed by atoms with E-state index in [1.54, 1.807) is 0 Å². The lowest BCUT2D eigenvalue weighted by Crippen LogP contribution is -2.27. The fourth-order valence-electron chi connectivity index (χ4n) is 0.985. The Morgan fingerprint density at radius 2 is 1.64 bits per heavy atom. The van der Waals surface area contributed by atoms with Crippen LogP contribution >= 0.6 is 0 Å². The van der Waals surface area contributed by atoms with E-state index in [1.165, 1.54) is 0 Å². The van der Waals surface area contributed by atoms with Crippen molar-refractivity contribution in [2.45, 2.75) is 60.0 Å². The minimum atomic E-state index is -0.193. The molecule has 0 heterocycles. The van der Waals surface area contributed by atoms with Crippen LogP contribution in [0.1, 0.15) is 54.4 Å². The predicted molar refractivity (Wildman–Crippen MR) is 59.4 cm³/mol. The average Bonchev–Trinajstić information content (AvgIpc) is 2.02. The molecular weight excluding hydrogens is 176 g/mol. The number of carbonyl (C=O) groups excluding carboxylic acids is 1. The highest BCUT2D eigenvalue weighted by Gasteiger charge is 2.24. The van der Waals surface area contributed by atoms with Crippen LogP contribution in [0.25, 0.3) is 0 Å². The van der Waals surface area contributed by atoms with E-state index in [1.807, 2.05) is 41.5 Å². The Morgan fingerprint density at radius 3 is 2.00 bits per heavy atom. The molecule has 0 aliphatic rings. The van der Waals surface area contributed by atoms with Crippen molar-refractivity contribution in [3.8, 4) is 0 Å². The number of hydrogen-bond donors (Lipinski definition) is 0. The molecule has 0 amide bonds. The molecule has 0 aromatic heterocycles. The second kappa shape index (κ2) is 4.92. The van der Waals surface area contributed by atoms with Crippen molar-refractivity contribution in [3.63, 3.8) is 0 Å². The number of carbonyl (C=O) groups is 1. The molecule has 14 heavy (non-hydrogen) atoms. The standard InChI is InChI=1S/C12H24O2/c1-7-12(5,6)10(13)8-9-14-11(2,3)4/h7-9H2,1-6H3. The van der Waals surface area contributed by atoms with Crippen molar-refractivity contribution >= 4 is 5.78 Å². The van der Waals surface area contributed by atoms with Crippen molar-refractivity contribution in [1.29, 1.82) is 0 Å². The van der Waals surface area contributed by atoms with Gasteiger partial charge in [-0.25, -0.2) is 0 Å². The summed E-state index contributed by atoms with van der Waals surface area (Å²) in [5, 5.41) is 0. The quantitative estimate of drug-likeness (QED) is 0.681. The fraction of sp³-hybridized carbons (Fsp3) is 0.917. The van der Waals surface area contributed by atoms with E-state index in [4.69, 9.17) is 4.74 Å². The van der Waals surface area contributed by atoms with E-state index >= 15 is 0 Å². The van der Waals surface area contributed by atoms with Gasteiger partial charge in [0.2, 0.25) is 0 Å². The van der Waals surface area contributed by atoms with E-state index in [9.17, 15) is 4.79 Å². The molecule has 0 N–H and O–H groups in total. The third-order valence-corrected chi connectivity index (χ3v) is 2.50. The average molecular weight is 200 g/mol. The smallest absolute Gasteiger partial charge is 0.140 e. The molecule has 0 radical (unpaired) electrons. The van der Waals surface area contributed by atoms with Crippen molar-refractivity contribution in [1.82, 2.24) is 0 Å². The van der Waals surface area contributed by atoms with Crippen LogP contribution in [0.3, 0.4) is 0 Å². The second-order valence-corrected chi connectivity index (χ2v) is 5.37. The minimum Gasteiger partial charge on any atom is -0.375 e. The largest absolute Gasteiger partial charge is 0.375 e. The summed E-state index contributed by atoms with van der Waals surface area (Å²) in [6, 6.07) is 0. The van der Waals surface area contributed by atoms with Gasteiger partial charge in [-0.15, -0.1) is 0 Å². The molecule has 0 spiro atoms. The highest BCUT2D eigenvalue weighted by molar-refractivity contribution is 5.84. The maximum atomic E-state index is 11.7. The molecule has 0 saturated heterocycles. The zero-order valence-corrected chi connectivity index (χ0v) is 10.4. The summed E-state index contributed by atoms with van der Waals surface area (Å²) < 4.78 is 5.52. The third kappa shape index (κ3) is 5.38. The monoisotopic (exact) mass is 200 g/mol. The molecule has 0 aliphatic carbocycles.